The zero-order valence-corrected chi connectivity index (χ0v) is 14.6. The largest absolute Gasteiger partial charge is 0.371 e. The minimum atomic E-state index is -0.424. The number of hydrogen-bond donors (Lipinski definition) is 0. The summed E-state index contributed by atoms with van der Waals surface area (Å²) in [6.07, 6.45) is 0.247. The molecule has 3 rings (SSSR count). The molecule has 0 bridgehead atoms. The zero-order chi connectivity index (χ0) is 18.1. The van der Waals surface area contributed by atoms with Crippen molar-refractivity contribution in [3.63, 3.8) is 0 Å². The molecule has 0 aliphatic carbocycles. The zero-order valence-electron chi connectivity index (χ0n) is 14.6. The molecule has 2 heterocycles. The molecular formula is C17H21N5O3. The van der Waals surface area contributed by atoms with Crippen molar-refractivity contribution >= 4 is 23.0 Å². The highest BCUT2D eigenvalue weighted by Gasteiger charge is 2.26. The lowest BCUT2D eigenvalue weighted by Crippen LogP contribution is -2.42. The third-order valence-corrected chi connectivity index (χ3v) is 4.61. The quantitative estimate of drug-likeness (QED) is 0.628. The Morgan fingerprint density at radius 2 is 1.92 bits per heavy atom. The van der Waals surface area contributed by atoms with Gasteiger partial charge in [-0.05, 0) is 26.0 Å². The first-order valence-electron chi connectivity index (χ1n) is 8.19. The fourth-order valence-corrected chi connectivity index (χ4v) is 3.27. The summed E-state index contributed by atoms with van der Waals surface area (Å²) in [5.41, 5.74) is 2.82. The van der Waals surface area contributed by atoms with Crippen LogP contribution in [0.15, 0.2) is 24.3 Å². The first-order chi connectivity index (χ1) is 11.9. The third-order valence-electron chi connectivity index (χ3n) is 4.61. The Labute approximate surface area is 145 Å². The predicted octanol–water partition coefficient (Wildman–Crippen LogP) is 2.28. The van der Waals surface area contributed by atoms with E-state index in [2.05, 4.69) is 10.00 Å². The molecule has 1 aromatic carbocycles. The first-order valence-corrected chi connectivity index (χ1v) is 8.19. The van der Waals surface area contributed by atoms with E-state index in [1.54, 1.807) is 23.4 Å². The first kappa shape index (κ1) is 16.9. The molecule has 0 spiro atoms. The molecule has 132 valence electrons. The topological polar surface area (TPSA) is 84.5 Å². The summed E-state index contributed by atoms with van der Waals surface area (Å²) in [6, 6.07) is 7.82. The number of carbonyl (C=O) groups is 1. The second-order valence-corrected chi connectivity index (χ2v) is 6.21. The monoisotopic (exact) mass is 343 g/mol. The molecule has 25 heavy (non-hydrogen) atoms. The van der Waals surface area contributed by atoms with Crippen LogP contribution >= 0.6 is 0 Å². The van der Waals surface area contributed by atoms with Gasteiger partial charge in [-0.15, -0.1) is 0 Å². The number of carbonyl (C=O) groups excluding carboxylic acids is 1. The fourth-order valence-electron chi connectivity index (χ4n) is 3.27. The van der Waals surface area contributed by atoms with Crippen LogP contribution in [0.5, 0.6) is 0 Å². The van der Waals surface area contributed by atoms with E-state index in [1.807, 2.05) is 31.3 Å². The Balaban J connectivity index is 1.75. The molecule has 0 saturated heterocycles. The van der Waals surface area contributed by atoms with E-state index in [0.717, 1.165) is 17.9 Å². The predicted molar refractivity (Wildman–Crippen MR) is 95.0 cm³/mol. The molecule has 0 saturated carbocycles. The number of rotatable bonds is 4. The molecule has 0 fully saturated rings. The average molecular weight is 343 g/mol. The lowest BCUT2D eigenvalue weighted by molar-refractivity contribution is -0.386. The number of likely N-dealkylation sites (N-methyl/N-ethyl adjacent to an activating group) is 1. The number of nitrogens with zero attached hydrogens (tertiary/aromatic N) is 5. The summed E-state index contributed by atoms with van der Waals surface area (Å²) in [5, 5.41) is 15.3. The number of fused-ring (bicyclic) bond motifs is 1. The van der Waals surface area contributed by atoms with Gasteiger partial charge in [0.2, 0.25) is 5.91 Å². The van der Waals surface area contributed by atoms with Gasteiger partial charge in [-0.1, -0.05) is 12.1 Å². The van der Waals surface area contributed by atoms with Crippen LogP contribution in [0.4, 0.5) is 17.1 Å². The Bertz CT molecular complexity index is 830. The number of aryl methyl sites for hydroxylation is 2. The van der Waals surface area contributed by atoms with Crippen LogP contribution in [-0.4, -0.2) is 40.7 Å². The summed E-state index contributed by atoms with van der Waals surface area (Å²) in [7, 11) is 2.01. The summed E-state index contributed by atoms with van der Waals surface area (Å²) < 4.78 is 1.55. The lowest BCUT2D eigenvalue weighted by atomic mass is 10.1. The molecule has 1 aromatic heterocycles. The van der Waals surface area contributed by atoms with Gasteiger partial charge < -0.3 is 9.80 Å². The highest BCUT2D eigenvalue weighted by Crippen LogP contribution is 2.32. The highest BCUT2D eigenvalue weighted by molar-refractivity contribution is 5.97. The Hall–Kier alpha value is -2.90. The van der Waals surface area contributed by atoms with Gasteiger partial charge in [0, 0.05) is 26.6 Å². The molecule has 8 heteroatoms. The fraction of sp³-hybridized carbons (Fsp3) is 0.412. The SMILES string of the molecule is Cc1nn(CCC(=O)N2CCN(C)c3ccccc32)c(C)c1[N+](=O)[O-]. The highest BCUT2D eigenvalue weighted by atomic mass is 16.6. The van der Waals surface area contributed by atoms with E-state index in [9.17, 15) is 14.9 Å². The summed E-state index contributed by atoms with van der Waals surface area (Å²) in [4.78, 5) is 27.3. The standard InChI is InChI=1S/C17H21N5O3/c1-12-17(22(24)25)13(2)21(18-12)9-8-16(23)20-11-10-19(3)14-6-4-5-7-15(14)20/h4-7H,8-11H2,1-3H3. The third kappa shape index (κ3) is 3.07. The minimum Gasteiger partial charge on any atom is -0.371 e. The van der Waals surface area contributed by atoms with Gasteiger partial charge in [-0.3, -0.25) is 19.6 Å². The number of amides is 1. The second-order valence-electron chi connectivity index (χ2n) is 6.21. The molecule has 0 atom stereocenters. The maximum Gasteiger partial charge on any atom is 0.312 e. The van der Waals surface area contributed by atoms with Crippen LogP contribution in [0, 0.1) is 24.0 Å². The normalized spacial score (nSPS) is 13.7. The van der Waals surface area contributed by atoms with Crippen LogP contribution in [-0.2, 0) is 11.3 Å². The van der Waals surface area contributed by atoms with Gasteiger partial charge >= 0.3 is 5.69 Å². The van der Waals surface area contributed by atoms with Crippen molar-refractivity contribution < 1.29 is 9.72 Å². The van der Waals surface area contributed by atoms with Gasteiger partial charge in [-0.2, -0.15) is 5.10 Å². The van der Waals surface area contributed by atoms with E-state index in [-0.39, 0.29) is 18.0 Å². The Morgan fingerprint density at radius 1 is 1.24 bits per heavy atom. The minimum absolute atomic E-state index is 0.00393. The number of anilines is 2. The molecule has 1 amide bonds. The maximum atomic E-state index is 12.7. The van der Waals surface area contributed by atoms with E-state index >= 15 is 0 Å². The van der Waals surface area contributed by atoms with Crippen molar-refractivity contribution in [3.8, 4) is 0 Å². The van der Waals surface area contributed by atoms with Crippen molar-refractivity contribution in [2.45, 2.75) is 26.8 Å². The molecular weight excluding hydrogens is 322 g/mol. The molecule has 1 aliphatic rings. The maximum absolute atomic E-state index is 12.7. The van der Waals surface area contributed by atoms with Crippen LogP contribution in [0.2, 0.25) is 0 Å². The van der Waals surface area contributed by atoms with E-state index < -0.39 is 4.92 Å². The van der Waals surface area contributed by atoms with Crippen LogP contribution in [0.25, 0.3) is 0 Å². The van der Waals surface area contributed by atoms with Gasteiger partial charge in [0.15, 0.2) is 0 Å². The van der Waals surface area contributed by atoms with Crippen LogP contribution < -0.4 is 9.80 Å². The summed E-state index contributed by atoms with van der Waals surface area (Å²) >= 11 is 0. The van der Waals surface area contributed by atoms with Crippen LogP contribution in [0.1, 0.15) is 17.8 Å². The number of nitro groups is 1. The van der Waals surface area contributed by atoms with E-state index in [1.165, 1.54) is 0 Å². The van der Waals surface area contributed by atoms with Crippen molar-refractivity contribution in [2.75, 3.05) is 29.9 Å². The summed E-state index contributed by atoms with van der Waals surface area (Å²) in [5.74, 6) is -0.00393. The molecule has 1 aliphatic heterocycles. The van der Waals surface area contributed by atoms with Crippen LogP contribution in [0.3, 0.4) is 0 Å². The molecule has 8 nitrogen and oxygen atoms in total. The van der Waals surface area contributed by atoms with Gasteiger partial charge in [0.25, 0.3) is 0 Å². The molecule has 0 N–H and O–H groups in total. The van der Waals surface area contributed by atoms with Crippen molar-refractivity contribution in [1.29, 1.82) is 0 Å². The van der Waals surface area contributed by atoms with Crippen molar-refractivity contribution in [3.05, 3.63) is 45.8 Å². The number of hydrogen-bond acceptors (Lipinski definition) is 5. The molecule has 0 radical (unpaired) electrons. The smallest absolute Gasteiger partial charge is 0.312 e. The van der Waals surface area contributed by atoms with Crippen molar-refractivity contribution in [2.24, 2.45) is 0 Å². The molecule has 2 aromatic rings. The lowest BCUT2D eigenvalue weighted by Gasteiger charge is -2.35. The van der Waals surface area contributed by atoms with Gasteiger partial charge in [-0.25, -0.2) is 0 Å². The number of para-hydroxylation sites is 2. The molecule has 0 unspecified atom stereocenters. The average Bonchev–Trinajstić information content (AvgIpc) is 2.87. The Kier molecular flexibility index (Phi) is 4.43. The summed E-state index contributed by atoms with van der Waals surface area (Å²) in [6.45, 7) is 5.00. The van der Waals surface area contributed by atoms with E-state index in [4.69, 9.17) is 0 Å². The second kappa shape index (κ2) is 6.54. The van der Waals surface area contributed by atoms with Crippen molar-refractivity contribution in [1.82, 2.24) is 9.78 Å². The number of benzene rings is 1. The number of aromatic nitrogens is 2. The Morgan fingerprint density at radius 3 is 2.56 bits per heavy atom. The van der Waals surface area contributed by atoms with E-state index in [0.29, 0.717) is 24.5 Å². The van der Waals surface area contributed by atoms with Gasteiger partial charge in [0.05, 0.1) is 22.8 Å². The van der Waals surface area contributed by atoms with Gasteiger partial charge in [0.1, 0.15) is 11.4 Å².